The van der Waals surface area contributed by atoms with Crippen LogP contribution in [0.2, 0.25) is 5.02 Å². The van der Waals surface area contributed by atoms with E-state index >= 15 is 0 Å². The van der Waals surface area contributed by atoms with Crippen LogP contribution in [-0.4, -0.2) is 36.9 Å². The van der Waals surface area contributed by atoms with Crippen LogP contribution in [0, 0.1) is 0 Å². The lowest BCUT2D eigenvalue weighted by Crippen LogP contribution is -2.49. The van der Waals surface area contributed by atoms with Crippen molar-refractivity contribution >= 4 is 23.3 Å². The van der Waals surface area contributed by atoms with Gasteiger partial charge in [0.25, 0.3) is 0 Å². The number of carbonyl (C=O) groups is 1. The Balaban J connectivity index is 2.10. The van der Waals surface area contributed by atoms with E-state index in [4.69, 9.17) is 21.4 Å². The number of carboxylic acids is 1. The first-order chi connectivity index (χ1) is 8.60. The number of hydrogen-bond acceptors (Lipinski definition) is 3. The van der Waals surface area contributed by atoms with Crippen LogP contribution in [-0.2, 0) is 9.53 Å². The second-order valence-electron chi connectivity index (χ2n) is 4.48. The third-order valence-corrected chi connectivity index (χ3v) is 3.56. The molecule has 5 heteroatoms. The molecule has 0 amide bonds. The molecule has 1 aliphatic rings. The second-order valence-corrected chi connectivity index (χ2v) is 4.92. The molecule has 1 saturated carbocycles. The summed E-state index contributed by atoms with van der Waals surface area (Å²) in [6.07, 6.45) is 1.98. The zero-order valence-electron chi connectivity index (χ0n) is 10.2. The van der Waals surface area contributed by atoms with Gasteiger partial charge in [-0.3, -0.25) is 4.79 Å². The smallest absolute Gasteiger partial charge is 0.323 e. The van der Waals surface area contributed by atoms with Crippen LogP contribution in [0.4, 0.5) is 5.69 Å². The zero-order valence-corrected chi connectivity index (χ0v) is 10.9. The molecule has 0 heterocycles. The first kappa shape index (κ1) is 13.2. The molecule has 1 aliphatic carbocycles. The van der Waals surface area contributed by atoms with E-state index in [1.165, 1.54) is 0 Å². The van der Waals surface area contributed by atoms with Crippen molar-refractivity contribution in [3.8, 4) is 0 Å². The van der Waals surface area contributed by atoms with Crippen LogP contribution < -0.4 is 4.90 Å². The van der Waals surface area contributed by atoms with Gasteiger partial charge in [0.2, 0.25) is 0 Å². The monoisotopic (exact) mass is 269 g/mol. The molecule has 0 spiro atoms. The minimum Gasteiger partial charge on any atom is -0.480 e. The largest absolute Gasteiger partial charge is 0.480 e. The van der Waals surface area contributed by atoms with E-state index in [1.807, 2.05) is 17.0 Å². The Morgan fingerprint density at radius 1 is 1.44 bits per heavy atom. The van der Waals surface area contributed by atoms with Crippen molar-refractivity contribution in [3.05, 3.63) is 29.3 Å². The van der Waals surface area contributed by atoms with Gasteiger partial charge >= 0.3 is 5.97 Å². The maximum atomic E-state index is 10.9. The number of anilines is 1. The van der Waals surface area contributed by atoms with Gasteiger partial charge in [-0.05, 0) is 37.1 Å². The summed E-state index contributed by atoms with van der Waals surface area (Å²) in [5, 5.41) is 9.64. The topological polar surface area (TPSA) is 49.8 Å². The fourth-order valence-electron chi connectivity index (χ4n) is 2.19. The van der Waals surface area contributed by atoms with Gasteiger partial charge in [0, 0.05) is 23.9 Å². The summed E-state index contributed by atoms with van der Waals surface area (Å²) in [4.78, 5) is 12.8. The molecular weight excluding hydrogens is 254 g/mol. The zero-order chi connectivity index (χ0) is 13.1. The predicted octanol–water partition coefficient (Wildman–Crippen LogP) is 2.41. The van der Waals surface area contributed by atoms with Gasteiger partial charge in [-0.1, -0.05) is 11.6 Å². The fraction of sp³-hybridized carbons (Fsp3) is 0.462. The third kappa shape index (κ3) is 2.94. The molecule has 1 N–H and O–H groups in total. The summed E-state index contributed by atoms with van der Waals surface area (Å²) in [7, 11) is 1.69. The number of aliphatic carboxylic acids is 1. The minimum atomic E-state index is -0.828. The summed E-state index contributed by atoms with van der Waals surface area (Å²) in [6.45, 7) is 0.00271. The van der Waals surface area contributed by atoms with E-state index in [1.54, 1.807) is 19.2 Å². The van der Waals surface area contributed by atoms with E-state index < -0.39 is 5.97 Å². The summed E-state index contributed by atoms with van der Waals surface area (Å²) in [6, 6.07) is 7.49. The van der Waals surface area contributed by atoms with E-state index in [0.29, 0.717) is 5.02 Å². The number of hydrogen-bond donors (Lipinski definition) is 1. The molecule has 1 fully saturated rings. The second kappa shape index (κ2) is 5.59. The molecule has 0 radical (unpaired) electrons. The molecule has 1 aromatic rings. The number of ether oxygens (including phenoxy) is 1. The van der Waals surface area contributed by atoms with Crippen molar-refractivity contribution < 1.29 is 14.6 Å². The number of benzene rings is 1. The number of nitrogens with zero attached hydrogens (tertiary/aromatic N) is 1. The lowest BCUT2D eigenvalue weighted by Gasteiger charge is -2.42. The van der Waals surface area contributed by atoms with E-state index in [-0.39, 0.29) is 18.7 Å². The van der Waals surface area contributed by atoms with Crippen LogP contribution in [0.1, 0.15) is 12.8 Å². The molecule has 1 aromatic carbocycles. The highest BCUT2D eigenvalue weighted by molar-refractivity contribution is 6.30. The molecule has 18 heavy (non-hydrogen) atoms. The summed E-state index contributed by atoms with van der Waals surface area (Å²) < 4.78 is 5.23. The van der Waals surface area contributed by atoms with Crippen molar-refractivity contribution in [2.75, 3.05) is 18.6 Å². The molecular formula is C13H16ClNO3. The maximum absolute atomic E-state index is 10.9. The van der Waals surface area contributed by atoms with Gasteiger partial charge in [0.05, 0.1) is 6.10 Å². The number of carboxylic acid groups (broad SMARTS) is 1. The summed E-state index contributed by atoms with van der Waals surface area (Å²) >= 11 is 5.84. The SMILES string of the molecule is COC1CC(N(CC(=O)O)c2ccc(Cl)cc2)C1. The molecule has 0 bridgehead atoms. The van der Waals surface area contributed by atoms with Gasteiger partial charge < -0.3 is 14.7 Å². The molecule has 0 aromatic heterocycles. The van der Waals surface area contributed by atoms with Crippen LogP contribution in [0.15, 0.2) is 24.3 Å². The lowest BCUT2D eigenvalue weighted by molar-refractivity contribution is -0.135. The van der Waals surface area contributed by atoms with Crippen LogP contribution in [0.5, 0.6) is 0 Å². The van der Waals surface area contributed by atoms with E-state index in [0.717, 1.165) is 18.5 Å². The van der Waals surface area contributed by atoms with Crippen LogP contribution >= 0.6 is 11.6 Å². The molecule has 0 unspecified atom stereocenters. The molecule has 0 aliphatic heterocycles. The minimum absolute atomic E-state index is 0.00271. The van der Waals surface area contributed by atoms with Gasteiger partial charge in [-0.15, -0.1) is 0 Å². The van der Waals surface area contributed by atoms with Crippen LogP contribution in [0.3, 0.4) is 0 Å². The van der Waals surface area contributed by atoms with Gasteiger partial charge in [0.15, 0.2) is 0 Å². The van der Waals surface area contributed by atoms with Crippen molar-refractivity contribution in [1.82, 2.24) is 0 Å². The van der Waals surface area contributed by atoms with E-state index in [9.17, 15) is 4.79 Å². The highest BCUT2D eigenvalue weighted by atomic mass is 35.5. The Kier molecular flexibility index (Phi) is 4.09. The van der Waals surface area contributed by atoms with E-state index in [2.05, 4.69) is 0 Å². The molecule has 98 valence electrons. The average Bonchev–Trinajstić information content (AvgIpc) is 2.27. The Labute approximate surface area is 111 Å². The normalized spacial score (nSPS) is 22.3. The van der Waals surface area contributed by atoms with Gasteiger partial charge in [0.1, 0.15) is 6.54 Å². The van der Waals surface area contributed by atoms with Crippen molar-refractivity contribution in [3.63, 3.8) is 0 Å². The van der Waals surface area contributed by atoms with Crippen molar-refractivity contribution in [2.24, 2.45) is 0 Å². The number of rotatable bonds is 5. The fourth-order valence-corrected chi connectivity index (χ4v) is 2.32. The van der Waals surface area contributed by atoms with Gasteiger partial charge in [-0.25, -0.2) is 0 Å². The molecule has 0 atom stereocenters. The standard InChI is InChI=1S/C13H16ClNO3/c1-18-12-6-11(7-12)15(8-13(16)17)10-4-2-9(14)3-5-10/h2-5,11-12H,6-8H2,1H3,(H,16,17). The van der Waals surface area contributed by atoms with Crippen molar-refractivity contribution in [1.29, 1.82) is 0 Å². The van der Waals surface area contributed by atoms with Crippen molar-refractivity contribution in [2.45, 2.75) is 25.0 Å². The number of methoxy groups -OCH3 is 1. The summed E-state index contributed by atoms with van der Waals surface area (Å²) in [5.41, 5.74) is 0.890. The summed E-state index contributed by atoms with van der Waals surface area (Å²) in [5.74, 6) is -0.828. The van der Waals surface area contributed by atoms with Crippen LogP contribution in [0.25, 0.3) is 0 Å². The third-order valence-electron chi connectivity index (χ3n) is 3.31. The maximum Gasteiger partial charge on any atom is 0.323 e. The Morgan fingerprint density at radius 3 is 2.56 bits per heavy atom. The Hall–Kier alpha value is -1.26. The highest BCUT2D eigenvalue weighted by Gasteiger charge is 2.34. The Bertz CT molecular complexity index is 415. The first-order valence-electron chi connectivity index (χ1n) is 5.87. The lowest BCUT2D eigenvalue weighted by atomic mass is 9.87. The Morgan fingerprint density at radius 2 is 2.06 bits per heavy atom. The first-order valence-corrected chi connectivity index (χ1v) is 6.24. The highest BCUT2D eigenvalue weighted by Crippen LogP contribution is 2.31. The molecule has 2 rings (SSSR count). The number of halogens is 1. The molecule has 0 saturated heterocycles. The predicted molar refractivity (Wildman–Crippen MR) is 70.3 cm³/mol. The van der Waals surface area contributed by atoms with Gasteiger partial charge in [-0.2, -0.15) is 0 Å². The quantitative estimate of drug-likeness (QED) is 0.892. The molecule has 4 nitrogen and oxygen atoms in total. The average molecular weight is 270 g/mol.